The third-order valence-corrected chi connectivity index (χ3v) is 3.39. The van der Waals surface area contributed by atoms with Crippen molar-refractivity contribution in [3.63, 3.8) is 0 Å². The fourth-order valence-electron chi connectivity index (χ4n) is 0.858. The highest BCUT2D eigenvalue weighted by Crippen LogP contribution is 2.16. The standard InChI is InChI=1S/C6H3BrIN3/c7-11-5-4(10-6(11)8)2-1-3-9-5/h1-3H. The topological polar surface area (TPSA) is 30.7 Å². The van der Waals surface area contributed by atoms with Gasteiger partial charge in [-0.15, -0.1) is 0 Å². The van der Waals surface area contributed by atoms with Crippen molar-refractivity contribution < 1.29 is 0 Å². The summed E-state index contributed by atoms with van der Waals surface area (Å²) in [6.07, 6.45) is 1.75. The molecule has 3 nitrogen and oxygen atoms in total. The van der Waals surface area contributed by atoms with Crippen LogP contribution in [0.25, 0.3) is 11.2 Å². The predicted octanol–water partition coefficient (Wildman–Crippen LogP) is 2.19. The minimum atomic E-state index is 0.858. The summed E-state index contributed by atoms with van der Waals surface area (Å²) >= 11 is 5.48. The van der Waals surface area contributed by atoms with Gasteiger partial charge in [0, 0.05) is 28.8 Å². The molecule has 0 aliphatic rings. The van der Waals surface area contributed by atoms with E-state index in [1.807, 2.05) is 12.1 Å². The number of aromatic nitrogens is 3. The number of fused-ring (bicyclic) bond motifs is 1. The second-order valence-electron chi connectivity index (χ2n) is 2.01. The number of nitrogens with zero attached hydrogens (tertiary/aromatic N) is 3. The molecule has 0 aliphatic heterocycles. The Morgan fingerprint density at radius 3 is 3.09 bits per heavy atom. The first-order valence-electron chi connectivity index (χ1n) is 2.94. The molecule has 0 N–H and O–H groups in total. The van der Waals surface area contributed by atoms with E-state index in [2.05, 4.69) is 48.7 Å². The van der Waals surface area contributed by atoms with Gasteiger partial charge in [0.2, 0.25) is 0 Å². The van der Waals surface area contributed by atoms with E-state index in [-0.39, 0.29) is 0 Å². The molecule has 0 spiro atoms. The lowest BCUT2D eigenvalue weighted by atomic mass is 10.4. The van der Waals surface area contributed by atoms with E-state index in [0.29, 0.717) is 0 Å². The molecule has 0 fully saturated rings. The van der Waals surface area contributed by atoms with E-state index in [1.54, 1.807) is 9.79 Å². The van der Waals surface area contributed by atoms with Crippen molar-refractivity contribution >= 4 is 49.9 Å². The molecule has 0 unspecified atom stereocenters. The highest BCUT2D eigenvalue weighted by molar-refractivity contribution is 14.1. The Morgan fingerprint density at radius 2 is 2.36 bits per heavy atom. The van der Waals surface area contributed by atoms with Gasteiger partial charge in [0.1, 0.15) is 5.52 Å². The summed E-state index contributed by atoms with van der Waals surface area (Å²) in [7, 11) is 0. The van der Waals surface area contributed by atoms with Gasteiger partial charge in [-0.25, -0.2) is 13.6 Å². The van der Waals surface area contributed by atoms with Gasteiger partial charge >= 0.3 is 0 Å². The maximum absolute atomic E-state index is 4.25. The normalized spacial score (nSPS) is 10.7. The lowest BCUT2D eigenvalue weighted by Crippen LogP contribution is -1.83. The lowest BCUT2D eigenvalue weighted by molar-refractivity contribution is 1.19. The van der Waals surface area contributed by atoms with Gasteiger partial charge < -0.3 is 0 Å². The first-order chi connectivity index (χ1) is 5.29. The summed E-state index contributed by atoms with van der Waals surface area (Å²) in [6, 6.07) is 3.81. The molecular weight excluding hydrogens is 321 g/mol. The molecule has 11 heavy (non-hydrogen) atoms. The van der Waals surface area contributed by atoms with E-state index < -0.39 is 0 Å². The summed E-state index contributed by atoms with van der Waals surface area (Å²) in [5.41, 5.74) is 1.77. The van der Waals surface area contributed by atoms with Crippen molar-refractivity contribution in [2.75, 3.05) is 0 Å². The number of rotatable bonds is 0. The van der Waals surface area contributed by atoms with E-state index in [9.17, 15) is 0 Å². The van der Waals surface area contributed by atoms with Crippen LogP contribution in [-0.4, -0.2) is 13.6 Å². The van der Waals surface area contributed by atoms with Crippen molar-refractivity contribution in [1.29, 1.82) is 0 Å². The monoisotopic (exact) mass is 323 g/mol. The van der Waals surface area contributed by atoms with Gasteiger partial charge in [0.15, 0.2) is 9.48 Å². The van der Waals surface area contributed by atoms with Gasteiger partial charge in [-0.3, -0.25) is 0 Å². The Labute approximate surface area is 85.3 Å². The molecule has 2 heterocycles. The summed E-state index contributed by atoms with van der Waals surface area (Å²) in [5, 5.41) is 0. The van der Waals surface area contributed by atoms with Crippen LogP contribution in [0.2, 0.25) is 0 Å². The Hall–Kier alpha value is -0.170. The van der Waals surface area contributed by atoms with Crippen molar-refractivity contribution in [2.45, 2.75) is 0 Å². The van der Waals surface area contributed by atoms with Crippen molar-refractivity contribution in [1.82, 2.24) is 13.6 Å². The van der Waals surface area contributed by atoms with Crippen LogP contribution in [0, 0.1) is 3.83 Å². The van der Waals surface area contributed by atoms with Crippen LogP contribution in [0.1, 0.15) is 0 Å². The van der Waals surface area contributed by atoms with Crippen molar-refractivity contribution in [2.24, 2.45) is 0 Å². The largest absolute Gasteiger partial charge is 0.236 e. The van der Waals surface area contributed by atoms with Crippen LogP contribution in [-0.2, 0) is 0 Å². The quantitative estimate of drug-likeness (QED) is 0.696. The zero-order valence-electron chi connectivity index (χ0n) is 5.33. The van der Waals surface area contributed by atoms with E-state index in [0.717, 1.165) is 15.0 Å². The summed E-state index contributed by atoms with van der Waals surface area (Å²) in [5.74, 6) is 0. The van der Waals surface area contributed by atoms with Crippen molar-refractivity contribution in [3.8, 4) is 0 Å². The van der Waals surface area contributed by atoms with Gasteiger partial charge in [0.25, 0.3) is 0 Å². The molecule has 5 heteroatoms. The maximum atomic E-state index is 4.25. The fourth-order valence-corrected chi connectivity index (χ4v) is 1.70. The van der Waals surface area contributed by atoms with Gasteiger partial charge in [-0.05, 0) is 12.1 Å². The SMILES string of the molecule is Brn1c(I)nc2cccnc21. The molecule has 0 saturated heterocycles. The average Bonchev–Trinajstić information content (AvgIpc) is 2.30. The molecular formula is C6H3BrIN3. The van der Waals surface area contributed by atoms with E-state index in [4.69, 9.17) is 0 Å². The highest BCUT2D eigenvalue weighted by Gasteiger charge is 2.04. The number of imidazole rings is 1. The number of halogens is 2. The second-order valence-corrected chi connectivity index (χ2v) is 3.68. The molecule has 2 rings (SSSR count). The first-order valence-corrected chi connectivity index (χ1v) is 4.73. The summed E-state index contributed by atoms with van der Waals surface area (Å²) in [4.78, 5) is 8.40. The van der Waals surface area contributed by atoms with E-state index >= 15 is 0 Å². The minimum Gasteiger partial charge on any atom is -0.236 e. The average molecular weight is 324 g/mol. The van der Waals surface area contributed by atoms with Crippen LogP contribution < -0.4 is 0 Å². The first kappa shape index (κ1) is 7.48. The Kier molecular flexibility index (Phi) is 1.84. The van der Waals surface area contributed by atoms with Crippen LogP contribution in [0.4, 0.5) is 0 Å². The van der Waals surface area contributed by atoms with E-state index in [1.165, 1.54) is 0 Å². The van der Waals surface area contributed by atoms with Crippen LogP contribution in [0.3, 0.4) is 0 Å². The molecule has 0 saturated carbocycles. The third-order valence-electron chi connectivity index (χ3n) is 1.33. The van der Waals surface area contributed by atoms with Gasteiger partial charge in [-0.1, -0.05) is 0 Å². The predicted molar refractivity (Wildman–Crippen MR) is 54.6 cm³/mol. The molecule has 2 aromatic rings. The minimum absolute atomic E-state index is 0.858. The molecule has 0 aliphatic carbocycles. The Bertz CT molecular complexity index is 398. The molecule has 0 aromatic carbocycles. The highest BCUT2D eigenvalue weighted by atomic mass is 127. The van der Waals surface area contributed by atoms with Crippen LogP contribution >= 0.6 is 38.7 Å². The van der Waals surface area contributed by atoms with Crippen molar-refractivity contribution in [3.05, 3.63) is 22.2 Å². The summed E-state index contributed by atoms with van der Waals surface area (Å²) in [6.45, 7) is 0. The zero-order valence-corrected chi connectivity index (χ0v) is 9.07. The molecule has 56 valence electrons. The third kappa shape index (κ3) is 1.16. The smallest absolute Gasteiger partial charge is 0.183 e. The van der Waals surface area contributed by atoms with Gasteiger partial charge in [0.05, 0.1) is 16.1 Å². The lowest BCUT2D eigenvalue weighted by Gasteiger charge is -1.88. The molecule has 0 amide bonds. The van der Waals surface area contributed by atoms with Crippen LogP contribution in [0.5, 0.6) is 0 Å². The molecule has 2 aromatic heterocycles. The number of hydrogen-bond donors (Lipinski definition) is 0. The fraction of sp³-hybridized carbons (Fsp3) is 0. The van der Waals surface area contributed by atoms with Crippen LogP contribution in [0.15, 0.2) is 18.3 Å². The second kappa shape index (κ2) is 2.71. The number of hydrogen-bond acceptors (Lipinski definition) is 2. The summed E-state index contributed by atoms with van der Waals surface area (Å²) < 4.78 is 2.67. The maximum Gasteiger partial charge on any atom is 0.183 e. The Balaban J connectivity index is 2.92. The zero-order chi connectivity index (χ0) is 7.84. The van der Waals surface area contributed by atoms with Gasteiger partial charge in [-0.2, -0.15) is 0 Å². The number of pyridine rings is 1. The Morgan fingerprint density at radius 1 is 1.55 bits per heavy atom. The molecule has 0 atom stereocenters. The molecule has 0 radical (unpaired) electrons. The molecule has 0 bridgehead atoms.